The SMILES string of the molecule is CCSC(N)=NC(=S)Nc1ccc(N2CCC(N3CCCC3)CC2)cc1.Cc1cccc(C(=O)CBr)c1.Cc1cccc(C(=O)c2sc(Nc3ccc(N4CCC(N5CCCC5)CC4)cc3)nc2N)c1.P. The molecule has 4 aromatic carbocycles. The Balaban J connectivity index is 0.000000193. The van der Waals surface area contributed by atoms with E-state index in [0.29, 0.717) is 31.2 Å². The molecule has 0 saturated carbocycles. The van der Waals surface area contributed by atoms with Gasteiger partial charge in [0.2, 0.25) is 5.78 Å². The zero-order valence-electron chi connectivity index (χ0n) is 41.6. The smallest absolute Gasteiger partial charge is 0.206 e. The van der Waals surface area contributed by atoms with E-state index in [-0.39, 0.29) is 27.3 Å². The molecule has 4 aliphatic heterocycles. The van der Waals surface area contributed by atoms with Crippen LogP contribution in [0.4, 0.5) is 33.7 Å². The van der Waals surface area contributed by atoms with Gasteiger partial charge >= 0.3 is 0 Å². The number of carbonyl (C=O) groups excluding carboxylic acids is 2. The van der Waals surface area contributed by atoms with Crippen molar-refractivity contribution in [2.45, 2.75) is 84.2 Å². The molecule has 1 atom stereocenters. The third kappa shape index (κ3) is 16.6. The number of hydrogen-bond donors (Lipinski definition) is 4. The Kier molecular flexibility index (Phi) is 22.2. The molecule has 4 aliphatic rings. The maximum Gasteiger partial charge on any atom is 0.206 e. The van der Waals surface area contributed by atoms with Gasteiger partial charge in [0.05, 0.1) is 5.33 Å². The van der Waals surface area contributed by atoms with Gasteiger partial charge in [-0.3, -0.25) is 9.59 Å². The normalized spacial score (nSPS) is 16.8. The van der Waals surface area contributed by atoms with E-state index in [0.717, 1.165) is 72.1 Å². The summed E-state index contributed by atoms with van der Waals surface area (Å²) < 4.78 is 0. The van der Waals surface area contributed by atoms with E-state index >= 15 is 0 Å². The summed E-state index contributed by atoms with van der Waals surface area (Å²) in [7, 11) is 0. The fourth-order valence-electron chi connectivity index (χ4n) is 9.62. The summed E-state index contributed by atoms with van der Waals surface area (Å²) in [5, 5.41) is 8.37. The lowest BCUT2D eigenvalue weighted by molar-refractivity contribution is 0.102. The van der Waals surface area contributed by atoms with E-state index in [4.69, 9.17) is 23.7 Å². The van der Waals surface area contributed by atoms with Crippen LogP contribution in [0.2, 0.25) is 0 Å². The second-order valence-corrected chi connectivity index (χ2v) is 21.5. The number of benzene rings is 4. The molecule has 1 aromatic heterocycles. The van der Waals surface area contributed by atoms with E-state index in [1.165, 1.54) is 112 Å². The summed E-state index contributed by atoms with van der Waals surface area (Å²) in [6.45, 7) is 15.7. The molecule has 380 valence electrons. The lowest BCUT2D eigenvalue weighted by Crippen LogP contribution is -2.43. The average molecular weight is 1100 g/mol. The van der Waals surface area contributed by atoms with Crippen LogP contribution >= 0.6 is 61.1 Å². The molecule has 0 radical (unpaired) electrons. The Bertz CT molecular complexity index is 2520. The monoisotopic (exact) mass is 1100 g/mol. The largest absolute Gasteiger partial charge is 0.382 e. The van der Waals surface area contributed by atoms with Crippen LogP contribution in [-0.4, -0.2) is 112 Å². The Labute approximate surface area is 446 Å². The molecule has 12 nitrogen and oxygen atoms in total. The lowest BCUT2D eigenvalue weighted by atomic mass is 10.0. The number of thioether (sulfide) groups is 1. The summed E-state index contributed by atoms with van der Waals surface area (Å²) in [5.41, 5.74) is 19.9. The molecular weight excluding hydrogens is 1030 g/mol. The minimum atomic E-state index is -0.0885. The molecule has 4 saturated heterocycles. The zero-order chi connectivity index (χ0) is 49.4. The van der Waals surface area contributed by atoms with Crippen LogP contribution in [-0.2, 0) is 0 Å². The van der Waals surface area contributed by atoms with Gasteiger partial charge in [-0.05, 0) is 170 Å². The number of nitrogen functional groups attached to an aromatic ring is 1. The fourth-order valence-corrected chi connectivity index (χ4v) is 11.5. The molecule has 17 heteroatoms. The maximum absolute atomic E-state index is 12.9. The van der Waals surface area contributed by atoms with Gasteiger partial charge in [-0.25, -0.2) is 4.98 Å². The van der Waals surface area contributed by atoms with Gasteiger partial charge < -0.3 is 41.7 Å². The first-order valence-corrected chi connectivity index (χ1v) is 28.1. The van der Waals surface area contributed by atoms with Crippen molar-refractivity contribution in [3.05, 3.63) is 124 Å². The number of rotatable bonds is 12. The van der Waals surface area contributed by atoms with E-state index < -0.39 is 0 Å². The zero-order valence-corrected chi connectivity index (χ0v) is 47.0. The number of nitrogens with one attached hydrogen (secondary N) is 2. The number of nitrogens with zero attached hydrogens (tertiary/aromatic N) is 6. The molecule has 71 heavy (non-hydrogen) atoms. The predicted octanol–water partition coefficient (Wildman–Crippen LogP) is 11.2. The molecular formula is C54H72BrN10O2PS3. The summed E-state index contributed by atoms with van der Waals surface area (Å²) in [6.07, 6.45) is 10.5. The number of piperidine rings is 2. The number of halogens is 1. The van der Waals surface area contributed by atoms with Crippen LogP contribution in [0.3, 0.4) is 0 Å². The van der Waals surface area contributed by atoms with Crippen molar-refractivity contribution < 1.29 is 9.59 Å². The Morgan fingerprint density at radius 3 is 1.70 bits per heavy atom. The predicted molar refractivity (Wildman–Crippen MR) is 316 cm³/mol. The fraction of sp³-hybridized carbons (Fsp3) is 0.426. The number of anilines is 6. The van der Waals surface area contributed by atoms with E-state index in [9.17, 15) is 9.59 Å². The van der Waals surface area contributed by atoms with Crippen LogP contribution < -0.4 is 31.9 Å². The number of hydrogen-bond acceptors (Lipinski definition) is 12. The third-order valence-electron chi connectivity index (χ3n) is 13.3. The Morgan fingerprint density at radius 2 is 1.23 bits per heavy atom. The van der Waals surface area contributed by atoms with Crippen molar-refractivity contribution in [2.75, 3.05) is 89.6 Å². The van der Waals surface area contributed by atoms with Gasteiger partial charge in [-0.2, -0.15) is 14.9 Å². The number of Topliss-reactive ketones (excluding diaryl/α,β-unsaturated/α-hetero) is 1. The van der Waals surface area contributed by atoms with Gasteiger partial charge in [0, 0.05) is 72.1 Å². The number of aliphatic imine (C=N–C) groups is 1. The molecule has 0 bridgehead atoms. The first-order chi connectivity index (χ1) is 34.0. The molecule has 4 fully saturated rings. The second-order valence-electron chi connectivity index (χ2n) is 18.3. The van der Waals surface area contributed by atoms with Crippen molar-refractivity contribution in [3.8, 4) is 0 Å². The minimum Gasteiger partial charge on any atom is -0.382 e. The third-order valence-corrected chi connectivity index (χ3v) is 15.7. The number of thiocarbonyl (C=S) groups is 1. The van der Waals surface area contributed by atoms with Crippen molar-refractivity contribution in [2.24, 2.45) is 10.7 Å². The van der Waals surface area contributed by atoms with Gasteiger partial charge in [-0.15, -0.1) is 0 Å². The lowest BCUT2D eigenvalue weighted by Gasteiger charge is -2.37. The first kappa shape index (κ1) is 55.9. The minimum absolute atomic E-state index is 0. The highest BCUT2D eigenvalue weighted by atomic mass is 79.9. The van der Waals surface area contributed by atoms with Crippen LogP contribution in [0, 0.1) is 13.8 Å². The number of alkyl halides is 1. The molecule has 1 unspecified atom stereocenters. The summed E-state index contributed by atoms with van der Waals surface area (Å²) >= 11 is 11.2. The van der Waals surface area contributed by atoms with Gasteiger partial charge in [0.25, 0.3) is 0 Å². The average Bonchev–Trinajstić information content (AvgIpc) is 4.19. The Morgan fingerprint density at radius 1 is 0.746 bits per heavy atom. The van der Waals surface area contributed by atoms with Crippen molar-refractivity contribution in [1.82, 2.24) is 14.8 Å². The number of nitrogens with two attached hydrogens (primary N) is 2. The Hall–Kier alpha value is -4.41. The number of thiazole rings is 1. The number of aromatic nitrogens is 1. The van der Waals surface area contributed by atoms with Crippen LogP contribution in [0.1, 0.15) is 95.0 Å². The summed E-state index contributed by atoms with van der Waals surface area (Å²) in [5.74, 6) is 1.20. The van der Waals surface area contributed by atoms with Crippen LogP contribution in [0.5, 0.6) is 0 Å². The highest BCUT2D eigenvalue weighted by Gasteiger charge is 2.28. The number of carbonyl (C=O) groups is 2. The molecule has 0 aliphatic carbocycles. The summed E-state index contributed by atoms with van der Waals surface area (Å²) in [6, 6.07) is 33.6. The topological polar surface area (TPSA) is 148 Å². The van der Waals surface area contributed by atoms with E-state index in [1.807, 2.05) is 69.3 Å². The standard InChI is InChI=1S/C26H31N5OS.C19H29N5S2.C9H9BrO.H3P/c1-18-5-4-6-19(17-18)23(32)24-25(27)29-26(33-24)28-20-7-9-21(10-8-20)31-15-11-22(12-16-31)30-13-2-3-14-30;1-2-26-18(20)22-19(25)21-15-5-7-16(8-6-15)24-13-9-17(10-14-24)23-11-3-4-12-23;1-7-3-2-4-8(5-7)9(11)6-10;/h4-10,17,22H,2-3,11-16,27H2,1H3,(H,28,29);5-8,17H,2-4,9-14H2,1H3,(H3,20,21,22,25);2-5H,6H2,1H3;1H3. The van der Waals surface area contributed by atoms with Gasteiger partial charge in [-0.1, -0.05) is 93.5 Å². The number of ketones is 2. The highest BCUT2D eigenvalue weighted by molar-refractivity contribution is 9.09. The molecule has 9 rings (SSSR count). The molecule has 6 N–H and O–H groups in total. The van der Waals surface area contributed by atoms with E-state index in [2.05, 4.69) is 105 Å². The first-order valence-electron chi connectivity index (χ1n) is 24.7. The molecule has 0 spiro atoms. The highest BCUT2D eigenvalue weighted by Crippen LogP contribution is 2.32. The maximum atomic E-state index is 12.9. The summed E-state index contributed by atoms with van der Waals surface area (Å²) in [4.78, 5) is 43.4. The van der Waals surface area contributed by atoms with Gasteiger partial charge in [0.1, 0.15) is 10.7 Å². The molecule has 5 aromatic rings. The van der Waals surface area contributed by atoms with Crippen molar-refractivity contribution in [3.63, 3.8) is 0 Å². The number of amidine groups is 1. The molecule has 5 heterocycles. The number of likely N-dealkylation sites (tertiary alicyclic amines) is 2. The molecule has 0 amide bonds. The van der Waals surface area contributed by atoms with Gasteiger partial charge in [0.15, 0.2) is 21.2 Å². The van der Waals surface area contributed by atoms with Crippen molar-refractivity contribution >= 4 is 117 Å². The second kappa shape index (κ2) is 28.2. The number of aryl methyl sites for hydroxylation is 2. The van der Waals surface area contributed by atoms with Crippen molar-refractivity contribution in [1.29, 1.82) is 0 Å². The quantitative estimate of drug-likeness (QED) is 0.0235. The van der Waals surface area contributed by atoms with E-state index in [1.54, 1.807) is 0 Å². The van der Waals surface area contributed by atoms with Crippen LogP contribution in [0.15, 0.2) is 102 Å². The van der Waals surface area contributed by atoms with Crippen LogP contribution in [0.25, 0.3) is 0 Å².